The maximum absolute atomic E-state index is 11.4. The van der Waals surface area contributed by atoms with Gasteiger partial charge in [-0.15, -0.1) is 12.4 Å². The van der Waals surface area contributed by atoms with Crippen molar-refractivity contribution in [3.63, 3.8) is 0 Å². The number of rotatable bonds is 4. The van der Waals surface area contributed by atoms with Crippen LogP contribution in [0.25, 0.3) is 0 Å². The molecule has 4 nitrogen and oxygen atoms in total. The summed E-state index contributed by atoms with van der Waals surface area (Å²) in [4.78, 5) is 11.4. The maximum atomic E-state index is 11.4. The van der Waals surface area contributed by atoms with E-state index in [4.69, 9.17) is 0 Å². The second-order valence-electron chi connectivity index (χ2n) is 5.52. The van der Waals surface area contributed by atoms with Crippen molar-refractivity contribution in [2.75, 3.05) is 19.6 Å². The third-order valence-corrected chi connectivity index (χ3v) is 2.51. The second kappa shape index (κ2) is 6.42. The third-order valence-electron chi connectivity index (χ3n) is 2.51. The SMILES string of the molecule is CC(C)(C)CC(O)CNC(=O)C1CNC1.Cl. The van der Waals surface area contributed by atoms with Crippen LogP contribution in [-0.4, -0.2) is 36.8 Å². The molecule has 1 heterocycles. The first-order chi connectivity index (χ1) is 6.88. The summed E-state index contributed by atoms with van der Waals surface area (Å²) >= 11 is 0. The van der Waals surface area contributed by atoms with Crippen molar-refractivity contribution in [2.45, 2.75) is 33.3 Å². The van der Waals surface area contributed by atoms with Crippen LogP contribution in [-0.2, 0) is 4.79 Å². The number of carbonyl (C=O) groups excluding carboxylic acids is 1. The van der Waals surface area contributed by atoms with Crippen molar-refractivity contribution >= 4 is 18.3 Å². The molecule has 0 radical (unpaired) electrons. The minimum Gasteiger partial charge on any atom is -0.391 e. The summed E-state index contributed by atoms with van der Waals surface area (Å²) in [5.41, 5.74) is 0.0994. The second-order valence-corrected chi connectivity index (χ2v) is 5.52. The number of carbonyl (C=O) groups is 1. The Morgan fingerprint density at radius 1 is 1.50 bits per heavy atom. The molecule has 1 amide bonds. The van der Waals surface area contributed by atoms with Crippen LogP contribution in [0.1, 0.15) is 27.2 Å². The highest BCUT2D eigenvalue weighted by Crippen LogP contribution is 2.20. The predicted molar refractivity (Wildman–Crippen MR) is 66.7 cm³/mol. The molecule has 5 heteroatoms. The molecule has 16 heavy (non-hydrogen) atoms. The molecule has 0 aromatic rings. The number of hydrogen-bond acceptors (Lipinski definition) is 3. The molecule has 1 atom stereocenters. The Morgan fingerprint density at radius 3 is 2.44 bits per heavy atom. The molecule has 0 aliphatic carbocycles. The lowest BCUT2D eigenvalue weighted by atomic mass is 9.89. The molecule has 0 aromatic heterocycles. The van der Waals surface area contributed by atoms with E-state index in [2.05, 4.69) is 31.4 Å². The van der Waals surface area contributed by atoms with E-state index in [1.165, 1.54) is 0 Å². The molecule has 0 spiro atoms. The highest BCUT2D eigenvalue weighted by molar-refractivity contribution is 5.85. The number of nitrogens with one attached hydrogen (secondary N) is 2. The first-order valence-corrected chi connectivity index (χ1v) is 5.55. The van der Waals surface area contributed by atoms with Gasteiger partial charge in [0.25, 0.3) is 0 Å². The monoisotopic (exact) mass is 250 g/mol. The van der Waals surface area contributed by atoms with E-state index in [0.717, 1.165) is 13.1 Å². The molecule has 1 unspecified atom stereocenters. The molecule has 96 valence electrons. The molecule has 1 aliphatic heterocycles. The number of aliphatic hydroxyl groups is 1. The molecular weight excluding hydrogens is 228 g/mol. The molecule has 0 aromatic carbocycles. The van der Waals surface area contributed by atoms with Crippen LogP contribution >= 0.6 is 12.4 Å². The average Bonchev–Trinajstić information content (AvgIpc) is 1.94. The Kier molecular flexibility index (Phi) is 6.30. The van der Waals surface area contributed by atoms with Crippen LogP contribution in [0.5, 0.6) is 0 Å². The van der Waals surface area contributed by atoms with Crippen molar-refractivity contribution in [1.29, 1.82) is 0 Å². The third kappa shape index (κ3) is 5.68. The zero-order valence-corrected chi connectivity index (χ0v) is 11.1. The number of hydrogen-bond donors (Lipinski definition) is 3. The molecule has 1 fully saturated rings. The Balaban J connectivity index is 0.00000225. The highest BCUT2D eigenvalue weighted by Gasteiger charge is 2.25. The van der Waals surface area contributed by atoms with Gasteiger partial charge in [0.2, 0.25) is 5.91 Å². The lowest BCUT2D eigenvalue weighted by Crippen LogP contribution is -2.51. The lowest BCUT2D eigenvalue weighted by Gasteiger charge is -2.27. The Morgan fingerprint density at radius 2 is 2.06 bits per heavy atom. The smallest absolute Gasteiger partial charge is 0.225 e. The van der Waals surface area contributed by atoms with Crippen molar-refractivity contribution < 1.29 is 9.90 Å². The number of halogens is 1. The van der Waals surface area contributed by atoms with Crippen molar-refractivity contribution in [2.24, 2.45) is 11.3 Å². The van der Waals surface area contributed by atoms with Crippen LogP contribution < -0.4 is 10.6 Å². The van der Waals surface area contributed by atoms with Crippen LogP contribution in [0.2, 0.25) is 0 Å². The van der Waals surface area contributed by atoms with E-state index in [1.54, 1.807) is 0 Å². The number of amides is 1. The Bertz CT molecular complexity index is 225. The lowest BCUT2D eigenvalue weighted by molar-refractivity contribution is -0.126. The van der Waals surface area contributed by atoms with Gasteiger partial charge in [-0.2, -0.15) is 0 Å². The quantitative estimate of drug-likeness (QED) is 0.683. The summed E-state index contributed by atoms with van der Waals surface area (Å²) in [6.45, 7) is 8.13. The van der Waals surface area contributed by atoms with Gasteiger partial charge in [-0.1, -0.05) is 20.8 Å². The van der Waals surface area contributed by atoms with E-state index < -0.39 is 6.10 Å². The fourth-order valence-electron chi connectivity index (χ4n) is 1.62. The van der Waals surface area contributed by atoms with Crippen LogP contribution in [0.3, 0.4) is 0 Å². The minimum absolute atomic E-state index is 0. The fourth-order valence-corrected chi connectivity index (χ4v) is 1.62. The summed E-state index contributed by atoms with van der Waals surface area (Å²) in [5.74, 6) is 0.161. The van der Waals surface area contributed by atoms with Crippen molar-refractivity contribution in [3.05, 3.63) is 0 Å². The van der Waals surface area contributed by atoms with Gasteiger partial charge in [0, 0.05) is 19.6 Å². The molecule has 0 bridgehead atoms. The topological polar surface area (TPSA) is 61.4 Å². The van der Waals surface area contributed by atoms with Crippen LogP contribution in [0.15, 0.2) is 0 Å². The van der Waals surface area contributed by atoms with E-state index >= 15 is 0 Å². The Hall–Kier alpha value is -0.320. The van der Waals surface area contributed by atoms with E-state index in [0.29, 0.717) is 13.0 Å². The molecule has 0 saturated carbocycles. The summed E-state index contributed by atoms with van der Waals surface area (Å²) in [7, 11) is 0. The summed E-state index contributed by atoms with van der Waals surface area (Å²) in [6.07, 6.45) is 0.262. The highest BCUT2D eigenvalue weighted by atomic mass is 35.5. The zero-order valence-electron chi connectivity index (χ0n) is 10.2. The van der Waals surface area contributed by atoms with Gasteiger partial charge in [0.1, 0.15) is 0 Å². The largest absolute Gasteiger partial charge is 0.391 e. The molecule has 1 rings (SSSR count). The molecule has 3 N–H and O–H groups in total. The van der Waals surface area contributed by atoms with Gasteiger partial charge in [0.15, 0.2) is 0 Å². The standard InChI is InChI=1S/C11H22N2O2.ClH/c1-11(2,3)4-9(14)7-13-10(15)8-5-12-6-8;/h8-9,12,14H,4-7H2,1-3H3,(H,13,15);1H. The predicted octanol–water partition coefficient (Wildman–Crippen LogP) is 0.541. The average molecular weight is 251 g/mol. The molecule has 1 aliphatic rings. The minimum atomic E-state index is -0.443. The van der Waals surface area contributed by atoms with Gasteiger partial charge in [0.05, 0.1) is 12.0 Å². The first-order valence-electron chi connectivity index (χ1n) is 5.55. The zero-order chi connectivity index (χ0) is 11.5. The molecular formula is C11H23ClN2O2. The van der Waals surface area contributed by atoms with Crippen LogP contribution in [0.4, 0.5) is 0 Å². The first kappa shape index (κ1) is 15.7. The van der Waals surface area contributed by atoms with Crippen molar-refractivity contribution in [1.82, 2.24) is 10.6 Å². The van der Waals surface area contributed by atoms with Gasteiger partial charge >= 0.3 is 0 Å². The summed E-state index contributed by atoms with van der Waals surface area (Å²) in [5, 5.41) is 15.5. The maximum Gasteiger partial charge on any atom is 0.225 e. The van der Waals surface area contributed by atoms with Gasteiger partial charge in [-0.05, 0) is 11.8 Å². The summed E-state index contributed by atoms with van der Waals surface area (Å²) < 4.78 is 0. The van der Waals surface area contributed by atoms with Gasteiger partial charge in [-0.3, -0.25) is 4.79 Å². The van der Waals surface area contributed by atoms with E-state index in [1.807, 2.05) is 0 Å². The van der Waals surface area contributed by atoms with E-state index in [9.17, 15) is 9.90 Å². The normalized spacial score (nSPS) is 18.2. The van der Waals surface area contributed by atoms with Gasteiger partial charge in [-0.25, -0.2) is 0 Å². The van der Waals surface area contributed by atoms with E-state index in [-0.39, 0.29) is 29.6 Å². The Labute approximate surface area is 104 Å². The van der Waals surface area contributed by atoms with Gasteiger partial charge < -0.3 is 15.7 Å². The van der Waals surface area contributed by atoms with Crippen LogP contribution in [0, 0.1) is 11.3 Å². The number of aliphatic hydroxyl groups excluding tert-OH is 1. The fraction of sp³-hybridized carbons (Fsp3) is 0.909. The van der Waals surface area contributed by atoms with Crippen molar-refractivity contribution in [3.8, 4) is 0 Å². The molecule has 1 saturated heterocycles. The summed E-state index contributed by atoms with van der Waals surface area (Å²) in [6, 6.07) is 0.